The fraction of sp³-hybridized carbons (Fsp3) is 0.480. The number of nitrogens with zero attached hydrogens (tertiary/aromatic N) is 1. The molecule has 0 unspecified atom stereocenters. The van der Waals surface area contributed by atoms with Gasteiger partial charge in [0.05, 0.1) is 12.7 Å². The summed E-state index contributed by atoms with van der Waals surface area (Å²) in [5, 5.41) is 9.15. The third-order valence-electron chi connectivity index (χ3n) is 7.68. The van der Waals surface area contributed by atoms with Gasteiger partial charge in [0.1, 0.15) is 5.75 Å². The zero-order chi connectivity index (χ0) is 20.2. The number of carboxylic acids is 1. The molecule has 0 aliphatic heterocycles. The number of carbonyl (C=O) groups is 1. The fourth-order valence-electron chi connectivity index (χ4n) is 6.74. The van der Waals surface area contributed by atoms with E-state index in [1.54, 1.807) is 19.2 Å². The standard InChI is InChI=1S/C25H29NO3/c1-26(20-5-3-19(4-6-20)24(27)28)21-7-8-23(29-2)22(12-21)25-13-16-9-17(14-25)11-18(10-16)15-25/h3-8,12,16-18H,9-11,13-15H2,1-2H3,(H,27,28). The van der Waals surface area contributed by atoms with Crippen molar-refractivity contribution in [2.75, 3.05) is 19.1 Å². The van der Waals surface area contributed by atoms with Gasteiger partial charge < -0.3 is 14.7 Å². The van der Waals surface area contributed by atoms with Crippen LogP contribution in [0.5, 0.6) is 5.75 Å². The van der Waals surface area contributed by atoms with Crippen LogP contribution in [-0.2, 0) is 5.41 Å². The summed E-state index contributed by atoms with van der Waals surface area (Å²) >= 11 is 0. The molecule has 2 aromatic carbocycles. The smallest absolute Gasteiger partial charge is 0.335 e. The topological polar surface area (TPSA) is 49.8 Å². The van der Waals surface area contributed by atoms with Crippen LogP contribution in [0.15, 0.2) is 42.5 Å². The van der Waals surface area contributed by atoms with Gasteiger partial charge in [0.2, 0.25) is 0 Å². The number of rotatable bonds is 5. The SMILES string of the molecule is COc1ccc(N(C)c2ccc(C(=O)O)cc2)cc1C12CC3CC(CC(C3)C1)C2. The van der Waals surface area contributed by atoms with Gasteiger partial charge in [-0.3, -0.25) is 0 Å². The van der Waals surface area contributed by atoms with E-state index in [2.05, 4.69) is 23.1 Å². The van der Waals surface area contributed by atoms with Crippen LogP contribution in [0.1, 0.15) is 54.4 Å². The Hall–Kier alpha value is -2.49. The molecule has 0 radical (unpaired) electrons. The summed E-state index contributed by atoms with van der Waals surface area (Å²) < 4.78 is 5.83. The molecule has 4 fully saturated rings. The third-order valence-corrected chi connectivity index (χ3v) is 7.68. The normalized spacial score (nSPS) is 29.7. The van der Waals surface area contributed by atoms with Crippen molar-refractivity contribution in [2.45, 2.75) is 43.9 Å². The molecule has 0 spiro atoms. The Kier molecular flexibility index (Phi) is 4.34. The van der Waals surface area contributed by atoms with E-state index in [9.17, 15) is 4.79 Å². The quantitative estimate of drug-likeness (QED) is 0.718. The molecule has 4 saturated carbocycles. The second-order valence-electron chi connectivity index (χ2n) is 9.49. The van der Waals surface area contributed by atoms with E-state index in [1.807, 2.05) is 19.2 Å². The molecule has 4 bridgehead atoms. The molecule has 4 nitrogen and oxygen atoms in total. The predicted molar refractivity (Wildman–Crippen MR) is 114 cm³/mol. The van der Waals surface area contributed by atoms with Crippen molar-refractivity contribution < 1.29 is 14.6 Å². The van der Waals surface area contributed by atoms with Crippen LogP contribution in [0.3, 0.4) is 0 Å². The first kappa shape index (κ1) is 18.5. The number of ether oxygens (including phenoxy) is 1. The van der Waals surface area contributed by atoms with Gasteiger partial charge in [0, 0.05) is 24.0 Å². The summed E-state index contributed by atoms with van der Waals surface area (Å²) in [5.74, 6) is 2.78. The zero-order valence-electron chi connectivity index (χ0n) is 17.2. The van der Waals surface area contributed by atoms with E-state index >= 15 is 0 Å². The summed E-state index contributed by atoms with van der Waals surface area (Å²) in [6.45, 7) is 0. The minimum Gasteiger partial charge on any atom is -0.496 e. The van der Waals surface area contributed by atoms with Gasteiger partial charge in [-0.1, -0.05) is 0 Å². The van der Waals surface area contributed by atoms with Crippen LogP contribution >= 0.6 is 0 Å². The van der Waals surface area contributed by atoms with Crippen LogP contribution in [0, 0.1) is 17.8 Å². The van der Waals surface area contributed by atoms with Gasteiger partial charge in [0.25, 0.3) is 0 Å². The fourth-order valence-corrected chi connectivity index (χ4v) is 6.74. The van der Waals surface area contributed by atoms with Crippen molar-refractivity contribution in [1.29, 1.82) is 0 Å². The second kappa shape index (κ2) is 6.79. The molecule has 1 N–H and O–H groups in total. The van der Waals surface area contributed by atoms with Crippen LogP contribution in [0.2, 0.25) is 0 Å². The average Bonchev–Trinajstić information content (AvgIpc) is 2.72. The summed E-state index contributed by atoms with van der Waals surface area (Å²) in [7, 11) is 3.83. The highest BCUT2D eigenvalue weighted by Gasteiger charge is 2.52. The summed E-state index contributed by atoms with van der Waals surface area (Å²) in [6.07, 6.45) is 8.19. The van der Waals surface area contributed by atoms with Crippen LogP contribution < -0.4 is 9.64 Å². The predicted octanol–water partition coefficient (Wildman–Crippen LogP) is 5.63. The van der Waals surface area contributed by atoms with E-state index in [0.29, 0.717) is 5.56 Å². The van der Waals surface area contributed by atoms with E-state index in [0.717, 1.165) is 34.9 Å². The van der Waals surface area contributed by atoms with Crippen molar-refractivity contribution in [2.24, 2.45) is 17.8 Å². The maximum atomic E-state index is 11.1. The largest absolute Gasteiger partial charge is 0.496 e. The minimum absolute atomic E-state index is 0.268. The Balaban J connectivity index is 1.51. The maximum absolute atomic E-state index is 11.1. The molecule has 0 saturated heterocycles. The summed E-state index contributed by atoms with van der Waals surface area (Å²) in [4.78, 5) is 13.3. The number of anilines is 2. The zero-order valence-corrected chi connectivity index (χ0v) is 17.2. The molecular formula is C25H29NO3. The Morgan fingerprint density at radius 3 is 2.03 bits per heavy atom. The van der Waals surface area contributed by atoms with Gasteiger partial charge in [-0.25, -0.2) is 4.79 Å². The number of aromatic carboxylic acids is 1. The lowest BCUT2D eigenvalue weighted by Gasteiger charge is -2.57. The van der Waals surface area contributed by atoms with Crippen LogP contribution in [-0.4, -0.2) is 25.2 Å². The lowest BCUT2D eigenvalue weighted by molar-refractivity contribution is -0.00613. The lowest BCUT2D eigenvalue weighted by Crippen LogP contribution is -2.48. The number of methoxy groups -OCH3 is 1. The van der Waals surface area contributed by atoms with Gasteiger partial charge in [-0.05, 0) is 104 Å². The lowest BCUT2D eigenvalue weighted by atomic mass is 9.48. The average molecular weight is 392 g/mol. The van der Waals surface area contributed by atoms with E-state index < -0.39 is 5.97 Å². The highest BCUT2D eigenvalue weighted by molar-refractivity contribution is 5.88. The monoisotopic (exact) mass is 391 g/mol. The minimum atomic E-state index is -0.896. The number of carboxylic acid groups (broad SMARTS) is 1. The molecule has 2 aromatic rings. The van der Waals surface area contributed by atoms with Crippen molar-refractivity contribution in [3.8, 4) is 5.75 Å². The number of benzene rings is 2. The first-order valence-corrected chi connectivity index (χ1v) is 10.7. The van der Waals surface area contributed by atoms with E-state index in [4.69, 9.17) is 9.84 Å². The Bertz CT molecular complexity index is 898. The molecule has 4 aliphatic rings. The highest BCUT2D eigenvalue weighted by Crippen LogP contribution is 2.62. The maximum Gasteiger partial charge on any atom is 0.335 e. The molecule has 29 heavy (non-hydrogen) atoms. The molecule has 4 aliphatic carbocycles. The van der Waals surface area contributed by atoms with Gasteiger partial charge in [-0.15, -0.1) is 0 Å². The molecule has 152 valence electrons. The first-order valence-electron chi connectivity index (χ1n) is 10.7. The highest BCUT2D eigenvalue weighted by atomic mass is 16.5. The molecular weight excluding hydrogens is 362 g/mol. The van der Waals surface area contributed by atoms with E-state index in [-0.39, 0.29) is 5.41 Å². The van der Waals surface area contributed by atoms with Crippen molar-refractivity contribution in [3.63, 3.8) is 0 Å². The van der Waals surface area contributed by atoms with Gasteiger partial charge in [0.15, 0.2) is 0 Å². The molecule has 0 aromatic heterocycles. The van der Waals surface area contributed by atoms with Gasteiger partial charge in [-0.2, -0.15) is 0 Å². The molecule has 0 amide bonds. The van der Waals surface area contributed by atoms with Crippen molar-refractivity contribution in [3.05, 3.63) is 53.6 Å². The van der Waals surface area contributed by atoms with Crippen molar-refractivity contribution >= 4 is 17.3 Å². The Morgan fingerprint density at radius 2 is 1.52 bits per heavy atom. The third kappa shape index (κ3) is 3.09. The summed E-state index contributed by atoms with van der Waals surface area (Å²) in [6, 6.07) is 13.6. The number of hydrogen-bond acceptors (Lipinski definition) is 3. The Morgan fingerprint density at radius 1 is 0.966 bits per heavy atom. The molecule has 0 atom stereocenters. The molecule has 4 heteroatoms. The van der Waals surface area contributed by atoms with Crippen LogP contribution in [0.25, 0.3) is 0 Å². The number of hydrogen-bond donors (Lipinski definition) is 1. The second-order valence-corrected chi connectivity index (χ2v) is 9.49. The summed E-state index contributed by atoms with van der Waals surface area (Å²) in [5.41, 5.74) is 4.07. The van der Waals surface area contributed by atoms with Gasteiger partial charge >= 0.3 is 5.97 Å². The van der Waals surface area contributed by atoms with E-state index in [1.165, 1.54) is 44.1 Å². The first-order chi connectivity index (χ1) is 14.0. The Labute approximate surface area is 172 Å². The van der Waals surface area contributed by atoms with Crippen molar-refractivity contribution in [1.82, 2.24) is 0 Å². The molecule has 6 rings (SSSR count). The van der Waals surface area contributed by atoms with Crippen LogP contribution in [0.4, 0.5) is 11.4 Å². The molecule has 0 heterocycles.